The van der Waals surface area contributed by atoms with E-state index in [-0.39, 0.29) is 15.5 Å². The van der Waals surface area contributed by atoms with Crippen LogP contribution in [0.1, 0.15) is 6.92 Å². The fourth-order valence-electron chi connectivity index (χ4n) is 2.77. The first-order chi connectivity index (χ1) is 15.0. The predicted octanol–water partition coefficient (Wildman–Crippen LogP) is 3.00. The van der Waals surface area contributed by atoms with Crippen LogP contribution in [0.3, 0.4) is 0 Å². The molecule has 0 amide bonds. The van der Waals surface area contributed by atoms with E-state index >= 15 is 0 Å². The van der Waals surface area contributed by atoms with Crippen LogP contribution >= 0.6 is 0 Å². The van der Waals surface area contributed by atoms with Gasteiger partial charge in [0.25, 0.3) is 10.0 Å². The molecule has 3 aromatic carbocycles. The van der Waals surface area contributed by atoms with E-state index in [0.717, 1.165) is 0 Å². The van der Waals surface area contributed by atoms with Gasteiger partial charge in [-0.05, 0) is 55.5 Å². The summed E-state index contributed by atoms with van der Waals surface area (Å²) in [5.74, 6) is 0. The summed E-state index contributed by atoms with van der Waals surface area (Å²) in [7, 11) is -3.96. The highest BCUT2D eigenvalue weighted by Crippen LogP contribution is 2.26. The molecule has 3 aromatic rings. The number of hydrogen-bond acceptors (Lipinski definition) is 6. The van der Waals surface area contributed by atoms with Crippen LogP contribution in [0.25, 0.3) is 0 Å². The second kappa shape index (κ2) is 10.5. The Morgan fingerprint density at radius 1 is 0.719 bits per heavy atom. The molecule has 0 saturated carbocycles. The quantitative estimate of drug-likeness (QED) is 0.527. The summed E-state index contributed by atoms with van der Waals surface area (Å²) in [5.41, 5.74) is 12.7. The SMILES string of the molecule is CCN(c1ccccc1)S(=O)(=O)c1ccccc1N.CN(C)S(=O)(=O)c1ccc(N)cc1. The van der Waals surface area contributed by atoms with Crippen molar-refractivity contribution in [1.82, 2.24) is 4.31 Å². The van der Waals surface area contributed by atoms with Crippen LogP contribution in [0, 0.1) is 0 Å². The van der Waals surface area contributed by atoms with Crippen molar-refractivity contribution in [2.45, 2.75) is 16.7 Å². The molecule has 32 heavy (non-hydrogen) atoms. The monoisotopic (exact) mass is 476 g/mol. The largest absolute Gasteiger partial charge is 0.399 e. The van der Waals surface area contributed by atoms with Crippen molar-refractivity contribution in [2.75, 3.05) is 36.4 Å². The molecule has 0 aliphatic carbocycles. The highest BCUT2D eigenvalue weighted by Gasteiger charge is 2.25. The first-order valence-corrected chi connectivity index (χ1v) is 12.6. The van der Waals surface area contributed by atoms with E-state index in [9.17, 15) is 16.8 Å². The smallest absolute Gasteiger partial charge is 0.266 e. The zero-order valence-corrected chi connectivity index (χ0v) is 19.8. The highest BCUT2D eigenvalue weighted by molar-refractivity contribution is 7.93. The van der Waals surface area contributed by atoms with Crippen molar-refractivity contribution in [3.8, 4) is 0 Å². The van der Waals surface area contributed by atoms with Gasteiger partial charge in [0.15, 0.2) is 0 Å². The minimum absolute atomic E-state index is 0.140. The predicted molar refractivity (Wildman–Crippen MR) is 129 cm³/mol. The van der Waals surface area contributed by atoms with E-state index in [1.807, 2.05) is 18.2 Å². The molecule has 0 atom stereocenters. The highest BCUT2D eigenvalue weighted by atomic mass is 32.2. The molecule has 0 radical (unpaired) electrons. The summed E-state index contributed by atoms with van der Waals surface area (Å²) >= 11 is 0. The number of hydrogen-bond donors (Lipinski definition) is 2. The summed E-state index contributed by atoms with van der Waals surface area (Å²) in [6.07, 6.45) is 0. The van der Waals surface area contributed by atoms with E-state index in [1.54, 1.807) is 49.4 Å². The molecular weight excluding hydrogens is 448 g/mol. The third-order valence-corrected chi connectivity index (χ3v) is 8.28. The Morgan fingerprint density at radius 3 is 1.75 bits per heavy atom. The summed E-state index contributed by atoms with van der Waals surface area (Å²) in [5, 5.41) is 0. The van der Waals surface area contributed by atoms with Crippen molar-refractivity contribution in [3.05, 3.63) is 78.9 Å². The van der Waals surface area contributed by atoms with Crippen LogP contribution < -0.4 is 15.8 Å². The third-order valence-electron chi connectivity index (χ3n) is 4.48. The lowest BCUT2D eigenvalue weighted by atomic mass is 10.3. The number of para-hydroxylation sites is 2. The Hall–Kier alpha value is -3.08. The van der Waals surface area contributed by atoms with Gasteiger partial charge in [-0.15, -0.1) is 0 Å². The lowest BCUT2D eigenvalue weighted by Gasteiger charge is -2.23. The fraction of sp³-hybridized carbons (Fsp3) is 0.182. The van der Waals surface area contributed by atoms with E-state index < -0.39 is 20.0 Å². The van der Waals surface area contributed by atoms with Crippen LogP contribution in [0.2, 0.25) is 0 Å². The lowest BCUT2D eigenvalue weighted by Crippen LogP contribution is -2.31. The summed E-state index contributed by atoms with van der Waals surface area (Å²) in [6, 6.07) is 21.6. The molecule has 10 heteroatoms. The lowest BCUT2D eigenvalue weighted by molar-refractivity contribution is 0.521. The standard InChI is InChI=1S/C14H16N2O2S.C8H12N2O2S/c1-2-16(12-8-4-3-5-9-12)19(17,18)14-11-7-6-10-13(14)15;1-10(2)13(11,12)8-5-3-7(9)4-6-8/h3-11H,2,15H2,1H3;3-6H,9H2,1-2H3. The van der Waals surface area contributed by atoms with Crippen LogP contribution in [0.15, 0.2) is 88.7 Å². The molecule has 0 aliphatic rings. The van der Waals surface area contributed by atoms with Gasteiger partial charge in [-0.3, -0.25) is 4.31 Å². The number of rotatable bonds is 6. The van der Waals surface area contributed by atoms with Gasteiger partial charge in [0.05, 0.1) is 16.3 Å². The maximum atomic E-state index is 12.6. The number of nitrogen functional groups attached to an aromatic ring is 2. The van der Waals surface area contributed by atoms with E-state index in [0.29, 0.717) is 17.9 Å². The van der Waals surface area contributed by atoms with Crippen LogP contribution in [-0.4, -0.2) is 41.8 Å². The molecule has 4 N–H and O–H groups in total. The molecule has 0 spiro atoms. The van der Waals surface area contributed by atoms with Gasteiger partial charge in [0.1, 0.15) is 4.90 Å². The molecule has 0 aromatic heterocycles. The topological polar surface area (TPSA) is 127 Å². The van der Waals surface area contributed by atoms with Gasteiger partial charge in [0.2, 0.25) is 10.0 Å². The molecule has 0 fully saturated rings. The molecular formula is C22H28N4O4S2. The zero-order valence-electron chi connectivity index (χ0n) is 18.2. The molecule has 0 bridgehead atoms. The Morgan fingerprint density at radius 2 is 1.25 bits per heavy atom. The Balaban J connectivity index is 0.000000244. The molecule has 172 valence electrons. The molecule has 0 saturated heterocycles. The Kier molecular flexibility index (Phi) is 8.25. The average molecular weight is 477 g/mol. The average Bonchev–Trinajstić information content (AvgIpc) is 2.75. The minimum Gasteiger partial charge on any atom is -0.399 e. The van der Waals surface area contributed by atoms with Gasteiger partial charge in [-0.1, -0.05) is 30.3 Å². The van der Waals surface area contributed by atoms with Crippen LogP contribution in [-0.2, 0) is 20.0 Å². The number of sulfonamides is 2. The maximum absolute atomic E-state index is 12.6. The maximum Gasteiger partial charge on any atom is 0.266 e. The molecule has 3 rings (SSSR count). The Labute approximate surface area is 190 Å². The summed E-state index contributed by atoms with van der Waals surface area (Å²) in [6.45, 7) is 2.14. The van der Waals surface area contributed by atoms with Crippen molar-refractivity contribution >= 4 is 37.1 Å². The minimum atomic E-state index is -3.63. The van der Waals surface area contributed by atoms with Gasteiger partial charge in [-0.2, -0.15) is 0 Å². The zero-order chi connectivity index (χ0) is 23.9. The number of nitrogens with two attached hydrogens (primary N) is 2. The van der Waals surface area contributed by atoms with Gasteiger partial charge in [-0.25, -0.2) is 21.1 Å². The second-order valence-corrected chi connectivity index (χ2v) is 10.9. The summed E-state index contributed by atoms with van der Waals surface area (Å²) in [4.78, 5) is 0.396. The normalized spacial score (nSPS) is 11.5. The third kappa shape index (κ3) is 5.78. The molecule has 8 nitrogen and oxygen atoms in total. The van der Waals surface area contributed by atoms with Crippen molar-refractivity contribution in [3.63, 3.8) is 0 Å². The van der Waals surface area contributed by atoms with E-state index in [4.69, 9.17) is 11.5 Å². The van der Waals surface area contributed by atoms with Crippen molar-refractivity contribution in [1.29, 1.82) is 0 Å². The first-order valence-electron chi connectivity index (χ1n) is 9.72. The summed E-state index contributed by atoms with van der Waals surface area (Å²) < 4.78 is 50.8. The van der Waals surface area contributed by atoms with Crippen molar-refractivity contribution < 1.29 is 16.8 Å². The van der Waals surface area contributed by atoms with Gasteiger partial charge in [0, 0.05) is 26.3 Å². The number of nitrogens with zero attached hydrogens (tertiary/aromatic N) is 2. The van der Waals surface area contributed by atoms with Crippen LogP contribution in [0.4, 0.5) is 17.1 Å². The second-order valence-electron chi connectivity index (χ2n) is 6.90. The fourth-order valence-corrected chi connectivity index (χ4v) is 5.27. The van der Waals surface area contributed by atoms with Crippen LogP contribution in [0.5, 0.6) is 0 Å². The Bertz CT molecular complexity index is 1230. The van der Waals surface area contributed by atoms with E-state index in [2.05, 4.69) is 0 Å². The number of anilines is 3. The van der Waals surface area contributed by atoms with Gasteiger partial charge >= 0.3 is 0 Å². The number of benzene rings is 3. The molecule has 0 aliphatic heterocycles. The molecule has 0 heterocycles. The van der Waals surface area contributed by atoms with Gasteiger partial charge < -0.3 is 11.5 Å². The first kappa shape index (κ1) is 25.2. The van der Waals surface area contributed by atoms with E-state index in [1.165, 1.54) is 40.9 Å². The molecule has 0 unspecified atom stereocenters. The van der Waals surface area contributed by atoms with Crippen molar-refractivity contribution in [2.24, 2.45) is 0 Å².